The molecule has 1 aromatic heterocycles. The van der Waals surface area contributed by atoms with Crippen LogP contribution in [-0.2, 0) is 10.0 Å². The fourth-order valence-electron chi connectivity index (χ4n) is 3.22. The number of amides is 1. The zero-order chi connectivity index (χ0) is 19.4. The van der Waals surface area contributed by atoms with Crippen molar-refractivity contribution in [3.05, 3.63) is 52.2 Å². The normalized spacial score (nSPS) is 16.6. The number of sulfonamides is 1. The highest BCUT2D eigenvalue weighted by atomic mass is 32.2. The first kappa shape index (κ1) is 20.0. The zero-order valence-electron chi connectivity index (χ0n) is 15.6. The maximum atomic E-state index is 12.5. The van der Waals surface area contributed by atoms with Gasteiger partial charge in [-0.3, -0.25) is 9.69 Å². The number of rotatable bonds is 7. The van der Waals surface area contributed by atoms with Gasteiger partial charge in [0.25, 0.3) is 5.91 Å². The van der Waals surface area contributed by atoms with Crippen LogP contribution in [0, 0.1) is 0 Å². The summed E-state index contributed by atoms with van der Waals surface area (Å²) in [6.45, 7) is 2.64. The van der Waals surface area contributed by atoms with Crippen LogP contribution in [-0.4, -0.2) is 57.3 Å². The number of likely N-dealkylation sites (tertiary alicyclic amines) is 1. The third-order valence-corrected chi connectivity index (χ3v) is 7.61. The molecule has 0 saturated carbocycles. The molecule has 8 heteroatoms. The van der Waals surface area contributed by atoms with Gasteiger partial charge in [-0.05, 0) is 61.6 Å². The smallest absolute Gasteiger partial charge is 0.251 e. The molecule has 0 bridgehead atoms. The Morgan fingerprint density at radius 3 is 2.41 bits per heavy atom. The van der Waals surface area contributed by atoms with Crippen molar-refractivity contribution in [2.75, 3.05) is 33.7 Å². The van der Waals surface area contributed by atoms with Crippen LogP contribution in [0.15, 0.2) is 46.7 Å². The molecule has 2 aromatic rings. The fourth-order valence-corrected chi connectivity index (χ4v) is 4.99. The molecule has 1 atom stereocenters. The summed E-state index contributed by atoms with van der Waals surface area (Å²) in [6, 6.07) is 10.4. The molecule has 146 valence electrons. The lowest BCUT2D eigenvalue weighted by Gasteiger charge is -2.27. The summed E-state index contributed by atoms with van der Waals surface area (Å²) in [7, 11) is -0.519. The van der Waals surface area contributed by atoms with E-state index in [0.29, 0.717) is 12.1 Å². The van der Waals surface area contributed by atoms with E-state index < -0.39 is 10.0 Å². The lowest BCUT2D eigenvalue weighted by atomic mass is 10.2. The van der Waals surface area contributed by atoms with E-state index in [-0.39, 0.29) is 16.8 Å². The largest absolute Gasteiger partial charge is 0.350 e. The number of hydrogen-bond donors (Lipinski definition) is 1. The van der Waals surface area contributed by atoms with Gasteiger partial charge in [-0.1, -0.05) is 6.07 Å². The van der Waals surface area contributed by atoms with Gasteiger partial charge < -0.3 is 5.32 Å². The number of carbonyl (C=O) groups excluding carboxylic acids is 1. The summed E-state index contributed by atoms with van der Waals surface area (Å²) >= 11 is 1.71. The summed E-state index contributed by atoms with van der Waals surface area (Å²) in [5, 5.41) is 5.07. The minimum atomic E-state index is -3.49. The molecule has 0 unspecified atom stereocenters. The first-order valence-corrected chi connectivity index (χ1v) is 11.3. The summed E-state index contributed by atoms with van der Waals surface area (Å²) in [5.74, 6) is -0.190. The molecule has 0 spiro atoms. The van der Waals surface area contributed by atoms with E-state index in [1.54, 1.807) is 23.5 Å². The van der Waals surface area contributed by atoms with Crippen molar-refractivity contribution in [3.8, 4) is 0 Å². The van der Waals surface area contributed by atoms with Crippen molar-refractivity contribution >= 4 is 27.3 Å². The highest BCUT2D eigenvalue weighted by molar-refractivity contribution is 7.89. The summed E-state index contributed by atoms with van der Waals surface area (Å²) < 4.78 is 25.4. The Morgan fingerprint density at radius 1 is 1.19 bits per heavy atom. The van der Waals surface area contributed by atoms with Gasteiger partial charge in [0.15, 0.2) is 0 Å². The standard InChI is InChI=1S/C19H25N3O3S2/c1-21(2)27(24,25)16-9-7-15(8-10-16)19(23)20-14-17(18-6-5-13-26-18)22-11-3-4-12-22/h5-10,13,17H,3-4,11-12,14H2,1-2H3,(H,20,23)/t17-/m1/s1. The molecule has 1 N–H and O–H groups in total. The molecule has 1 aromatic carbocycles. The van der Waals surface area contributed by atoms with Gasteiger partial charge in [-0.15, -0.1) is 11.3 Å². The minimum absolute atomic E-state index is 0.178. The number of thiophene rings is 1. The molecular formula is C19H25N3O3S2. The second-order valence-corrected chi connectivity index (χ2v) is 9.93. The van der Waals surface area contributed by atoms with Gasteiger partial charge in [0, 0.05) is 31.1 Å². The summed E-state index contributed by atoms with van der Waals surface area (Å²) in [4.78, 5) is 16.4. The second-order valence-electron chi connectivity index (χ2n) is 6.80. The predicted molar refractivity (Wildman–Crippen MR) is 108 cm³/mol. The Morgan fingerprint density at radius 2 is 1.85 bits per heavy atom. The highest BCUT2D eigenvalue weighted by Gasteiger charge is 2.25. The van der Waals surface area contributed by atoms with Crippen molar-refractivity contribution in [2.24, 2.45) is 0 Å². The van der Waals surface area contributed by atoms with Gasteiger partial charge in [0.05, 0.1) is 10.9 Å². The summed E-state index contributed by atoms with van der Waals surface area (Å²) in [6.07, 6.45) is 2.38. The lowest BCUT2D eigenvalue weighted by molar-refractivity contribution is 0.0938. The van der Waals surface area contributed by atoms with Crippen molar-refractivity contribution in [2.45, 2.75) is 23.8 Å². The van der Waals surface area contributed by atoms with Crippen LogP contribution < -0.4 is 5.32 Å². The van der Waals surface area contributed by atoms with Crippen molar-refractivity contribution in [1.29, 1.82) is 0 Å². The maximum Gasteiger partial charge on any atom is 0.251 e. The quantitative estimate of drug-likeness (QED) is 0.766. The summed E-state index contributed by atoms with van der Waals surface area (Å²) in [5.41, 5.74) is 0.457. The molecule has 1 amide bonds. The molecule has 1 saturated heterocycles. The number of benzene rings is 1. The first-order valence-electron chi connectivity index (χ1n) is 8.98. The van der Waals surface area contributed by atoms with Crippen LogP contribution in [0.5, 0.6) is 0 Å². The Labute approximate surface area is 164 Å². The van der Waals surface area contributed by atoms with Crippen LogP contribution in [0.3, 0.4) is 0 Å². The van der Waals surface area contributed by atoms with Crippen LogP contribution >= 0.6 is 11.3 Å². The monoisotopic (exact) mass is 407 g/mol. The van der Waals surface area contributed by atoms with E-state index in [2.05, 4.69) is 21.7 Å². The third kappa shape index (κ3) is 4.57. The molecule has 1 aliphatic heterocycles. The van der Waals surface area contributed by atoms with Gasteiger partial charge >= 0.3 is 0 Å². The average Bonchev–Trinajstić information content (AvgIpc) is 3.36. The van der Waals surface area contributed by atoms with E-state index in [0.717, 1.165) is 17.4 Å². The second kappa shape index (κ2) is 8.52. The van der Waals surface area contributed by atoms with Crippen molar-refractivity contribution < 1.29 is 13.2 Å². The number of hydrogen-bond acceptors (Lipinski definition) is 5. The maximum absolute atomic E-state index is 12.5. The minimum Gasteiger partial charge on any atom is -0.350 e. The topological polar surface area (TPSA) is 69.7 Å². The van der Waals surface area contributed by atoms with E-state index in [4.69, 9.17) is 0 Å². The Balaban J connectivity index is 1.67. The Hall–Kier alpha value is -1.74. The molecule has 1 fully saturated rings. The molecule has 2 heterocycles. The SMILES string of the molecule is CN(C)S(=O)(=O)c1ccc(C(=O)NC[C@H](c2cccs2)N2CCCC2)cc1. The molecule has 0 aliphatic carbocycles. The first-order chi connectivity index (χ1) is 12.9. The lowest BCUT2D eigenvalue weighted by Crippen LogP contribution is -2.36. The molecule has 0 radical (unpaired) electrons. The van der Waals surface area contributed by atoms with Gasteiger partial charge in [-0.25, -0.2) is 12.7 Å². The van der Waals surface area contributed by atoms with E-state index in [1.807, 2.05) is 6.07 Å². The fraction of sp³-hybridized carbons (Fsp3) is 0.421. The van der Waals surface area contributed by atoms with Crippen molar-refractivity contribution in [1.82, 2.24) is 14.5 Å². The average molecular weight is 408 g/mol. The van der Waals surface area contributed by atoms with Gasteiger partial charge in [0.2, 0.25) is 10.0 Å². The van der Waals surface area contributed by atoms with Crippen molar-refractivity contribution in [3.63, 3.8) is 0 Å². The molecule has 1 aliphatic rings. The van der Waals surface area contributed by atoms with E-state index in [9.17, 15) is 13.2 Å². The predicted octanol–water partition coefficient (Wildman–Crippen LogP) is 2.57. The molecule has 3 rings (SSSR count). The van der Waals surface area contributed by atoms with E-state index in [1.165, 1.54) is 43.9 Å². The van der Waals surface area contributed by atoms with Crippen LogP contribution in [0.1, 0.15) is 34.1 Å². The van der Waals surface area contributed by atoms with Crippen LogP contribution in [0.25, 0.3) is 0 Å². The highest BCUT2D eigenvalue weighted by Crippen LogP contribution is 2.28. The molecular weight excluding hydrogens is 382 g/mol. The number of nitrogens with zero attached hydrogens (tertiary/aromatic N) is 2. The van der Waals surface area contributed by atoms with E-state index >= 15 is 0 Å². The van der Waals surface area contributed by atoms with Crippen LogP contribution in [0.4, 0.5) is 0 Å². The zero-order valence-corrected chi connectivity index (χ0v) is 17.2. The van der Waals surface area contributed by atoms with Crippen LogP contribution in [0.2, 0.25) is 0 Å². The molecule has 27 heavy (non-hydrogen) atoms. The Bertz CT molecular complexity index is 856. The third-order valence-electron chi connectivity index (χ3n) is 4.80. The Kier molecular flexibility index (Phi) is 6.31. The number of carbonyl (C=O) groups is 1. The molecule has 6 nitrogen and oxygen atoms in total. The van der Waals surface area contributed by atoms with Gasteiger partial charge in [0.1, 0.15) is 0 Å². The number of nitrogens with one attached hydrogen (secondary N) is 1. The van der Waals surface area contributed by atoms with Gasteiger partial charge in [-0.2, -0.15) is 0 Å².